The second-order valence-electron chi connectivity index (χ2n) is 13.0. The van der Waals surface area contributed by atoms with Crippen LogP contribution in [0.25, 0.3) is 103 Å². The van der Waals surface area contributed by atoms with Gasteiger partial charge >= 0.3 is 0 Å². The molecule has 0 saturated heterocycles. The Balaban J connectivity index is 1.17. The van der Waals surface area contributed by atoms with Gasteiger partial charge in [-0.1, -0.05) is 115 Å². The number of hydrogen-bond donors (Lipinski definition) is 0. The van der Waals surface area contributed by atoms with Crippen molar-refractivity contribution >= 4 is 74.1 Å². The Hall–Kier alpha value is -6.54. The van der Waals surface area contributed by atoms with Gasteiger partial charge in [-0.3, -0.25) is 4.57 Å². The first-order valence-corrected chi connectivity index (χ1v) is 19.1. The van der Waals surface area contributed by atoms with Gasteiger partial charge in [0, 0.05) is 68.3 Å². The lowest BCUT2D eigenvalue weighted by molar-refractivity contribution is 1.08. The molecule has 5 nitrogen and oxygen atoms in total. The molecule has 0 fully saturated rings. The zero-order valence-corrected chi connectivity index (χ0v) is 29.8. The first kappa shape index (κ1) is 30.1. The molecule has 0 aliphatic carbocycles. The molecule has 0 saturated carbocycles. The highest BCUT2D eigenvalue weighted by atomic mass is 32.1. The molecule has 0 aliphatic rings. The lowest BCUT2D eigenvalue weighted by Crippen LogP contribution is -2.00. The zero-order valence-electron chi connectivity index (χ0n) is 28.1. The topological polar surface area (TPSA) is 56.5 Å². The number of hydrogen-bond acceptors (Lipinski definition) is 6. The number of para-hydroxylation sites is 3. The van der Waals surface area contributed by atoms with Gasteiger partial charge < -0.3 is 0 Å². The predicted octanol–water partition coefficient (Wildman–Crippen LogP) is 12.6. The zero-order chi connectivity index (χ0) is 34.9. The van der Waals surface area contributed by atoms with Crippen LogP contribution in [0.5, 0.6) is 0 Å². The number of thiophene rings is 2. The molecule has 0 N–H and O–H groups in total. The number of benzene rings is 7. The van der Waals surface area contributed by atoms with Crippen molar-refractivity contribution in [2.45, 2.75) is 0 Å². The van der Waals surface area contributed by atoms with Gasteiger partial charge in [0.2, 0.25) is 0 Å². The molecule has 0 unspecified atom stereocenters. The van der Waals surface area contributed by atoms with Crippen LogP contribution in [0.4, 0.5) is 0 Å². The third-order valence-corrected chi connectivity index (χ3v) is 12.1. The third kappa shape index (κ3) is 4.89. The highest BCUT2D eigenvalue weighted by molar-refractivity contribution is 7.26. The van der Waals surface area contributed by atoms with E-state index in [1.165, 1.54) is 29.6 Å². The maximum Gasteiger partial charge on any atom is 0.164 e. The number of fused-ring (bicyclic) bond motifs is 7. The van der Waals surface area contributed by atoms with Gasteiger partial charge in [-0.15, -0.1) is 22.7 Å². The molecule has 248 valence electrons. The molecular weight excluding hydrogens is 687 g/mol. The van der Waals surface area contributed by atoms with Crippen LogP contribution in [-0.4, -0.2) is 24.5 Å². The number of aromatic nitrogens is 5. The van der Waals surface area contributed by atoms with Gasteiger partial charge in [-0.2, -0.15) is 0 Å². The first-order chi connectivity index (χ1) is 26.3. The Kier molecular flexibility index (Phi) is 6.83. The minimum Gasteiger partial charge on any atom is -0.292 e. The van der Waals surface area contributed by atoms with Gasteiger partial charge in [0.25, 0.3) is 0 Å². The summed E-state index contributed by atoms with van der Waals surface area (Å²) in [6, 6.07) is 57.2. The maximum atomic E-state index is 5.27. The summed E-state index contributed by atoms with van der Waals surface area (Å²) < 4.78 is 7.11. The monoisotopic (exact) mass is 713 g/mol. The summed E-state index contributed by atoms with van der Waals surface area (Å²) >= 11 is 3.58. The molecule has 0 spiro atoms. The molecule has 0 amide bonds. The van der Waals surface area contributed by atoms with E-state index in [4.69, 9.17) is 19.9 Å². The van der Waals surface area contributed by atoms with E-state index in [2.05, 4.69) is 144 Å². The van der Waals surface area contributed by atoms with Crippen molar-refractivity contribution in [3.63, 3.8) is 0 Å². The van der Waals surface area contributed by atoms with Crippen molar-refractivity contribution in [1.29, 1.82) is 0 Å². The third-order valence-electron chi connectivity index (χ3n) is 9.88. The van der Waals surface area contributed by atoms with Crippen LogP contribution in [0, 0.1) is 0 Å². The molecule has 53 heavy (non-hydrogen) atoms. The smallest absolute Gasteiger partial charge is 0.164 e. The van der Waals surface area contributed by atoms with Crippen LogP contribution in [0.2, 0.25) is 0 Å². The average molecular weight is 714 g/mol. The molecule has 11 rings (SSSR count). The van der Waals surface area contributed by atoms with E-state index in [1.807, 2.05) is 24.3 Å². The molecule has 0 bridgehead atoms. The van der Waals surface area contributed by atoms with Crippen LogP contribution in [0.3, 0.4) is 0 Å². The molecule has 4 heterocycles. The Bertz CT molecular complexity index is 3180. The predicted molar refractivity (Wildman–Crippen MR) is 222 cm³/mol. The van der Waals surface area contributed by atoms with E-state index in [0.29, 0.717) is 17.5 Å². The van der Waals surface area contributed by atoms with Gasteiger partial charge in [0.1, 0.15) is 5.82 Å². The Morgan fingerprint density at radius 1 is 0.396 bits per heavy atom. The van der Waals surface area contributed by atoms with E-state index in [-0.39, 0.29) is 0 Å². The van der Waals surface area contributed by atoms with Crippen LogP contribution >= 0.6 is 22.7 Å². The van der Waals surface area contributed by atoms with Gasteiger partial charge in [-0.25, -0.2) is 19.9 Å². The molecule has 11 aromatic rings. The fourth-order valence-corrected chi connectivity index (χ4v) is 9.79. The summed E-state index contributed by atoms with van der Waals surface area (Å²) in [5.74, 6) is 2.83. The molecule has 4 aromatic heterocycles. The van der Waals surface area contributed by atoms with E-state index in [9.17, 15) is 0 Å². The lowest BCUT2D eigenvalue weighted by Gasteiger charge is -2.12. The molecule has 7 heteroatoms. The number of nitrogens with zero attached hydrogens (tertiary/aromatic N) is 5. The van der Waals surface area contributed by atoms with E-state index in [0.717, 1.165) is 55.6 Å². The van der Waals surface area contributed by atoms with Crippen molar-refractivity contribution in [1.82, 2.24) is 24.5 Å². The Morgan fingerprint density at radius 2 is 1.00 bits per heavy atom. The minimum atomic E-state index is 0.641. The molecule has 7 aromatic carbocycles. The second kappa shape index (κ2) is 12.0. The molecule has 0 aliphatic heterocycles. The van der Waals surface area contributed by atoms with Crippen LogP contribution in [0.15, 0.2) is 164 Å². The summed E-state index contributed by atoms with van der Waals surface area (Å²) in [6.07, 6.45) is 0. The number of rotatable bonds is 5. The summed E-state index contributed by atoms with van der Waals surface area (Å²) in [7, 11) is 0. The molecular formula is C46H27N5S2. The van der Waals surface area contributed by atoms with Crippen molar-refractivity contribution < 1.29 is 0 Å². The van der Waals surface area contributed by atoms with E-state index >= 15 is 0 Å². The lowest BCUT2D eigenvalue weighted by atomic mass is 10.0. The largest absolute Gasteiger partial charge is 0.292 e. The van der Waals surface area contributed by atoms with Crippen LogP contribution < -0.4 is 0 Å². The highest BCUT2D eigenvalue weighted by Crippen LogP contribution is 2.45. The van der Waals surface area contributed by atoms with E-state index in [1.54, 1.807) is 22.7 Å². The number of imidazole rings is 1. The maximum absolute atomic E-state index is 5.27. The highest BCUT2D eigenvalue weighted by Gasteiger charge is 2.22. The van der Waals surface area contributed by atoms with Crippen LogP contribution in [0.1, 0.15) is 0 Å². The van der Waals surface area contributed by atoms with E-state index < -0.39 is 0 Å². The standard InChI is InChI=1S/C46H27N5S2/c1-3-13-28(14-4-1)43-48-44(29-25-26-32-31-17-7-10-22-37(31)52-40(32)27-29)50-45(49-43)33-18-11-23-38-41(33)42-34(19-12-24-39(42)53-38)46-47-35-20-8-9-21-36(35)51(46)30-15-5-2-6-16-30/h1-27H. The first-order valence-electron chi connectivity index (χ1n) is 17.5. The van der Waals surface area contributed by atoms with Crippen molar-refractivity contribution in [2.24, 2.45) is 0 Å². The fraction of sp³-hybridized carbons (Fsp3) is 0. The van der Waals surface area contributed by atoms with Gasteiger partial charge in [0.05, 0.1) is 11.0 Å². The summed E-state index contributed by atoms with van der Waals surface area (Å²) in [5.41, 5.74) is 7.02. The molecule has 0 radical (unpaired) electrons. The van der Waals surface area contributed by atoms with Gasteiger partial charge in [0.15, 0.2) is 17.5 Å². The van der Waals surface area contributed by atoms with Crippen molar-refractivity contribution in [2.75, 3.05) is 0 Å². The summed E-state index contributed by atoms with van der Waals surface area (Å²) in [6.45, 7) is 0. The summed E-state index contributed by atoms with van der Waals surface area (Å²) in [5, 5.41) is 4.78. The normalized spacial score (nSPS) is 11.8. The SMILES string of the molecule is c1ccc(-c2nc(-c3ccc4c(c3)sc3ccccc34)nc(-c3cccc4sc5cccc(-c6nc7ccccc7n6-c6ccccc6)c5c34)n2)cc1. The average Bonchev–Trinajstić information content (AvgIpc) is 3.92. The molecule has 0 atom stereocenters. The Morgan fingerprint density at radius 3 is 1.83 bits per heavy atom. The quantitative estimate of drug-likeness (QED) is 0.178. The summed E-state index contributed by atoms with van der Waals surface area (Å²) in [4.78, 5) is 20.8. The minimum absolute atomic E-state index is 0.641. The van der Waals surface area contributed by atoms with Crippen molar-refractivity contribution in [3.8, 4) is 51.2 Å². The second-order valence-corrected chi connectivity index (χ2v) is 15.2. The van der Waals surface area contributed by atoms with Gasteiger partial charge in [-0.05, 0) is 48.5 Å². The van der Waals surface area contributed by atoms with Crippen molar-refractivity contribution in [3.05, 3.63) is 164 Å². The Labute approximate surface area is 312 Å². The van der Waals surface area contributed by atoms with Crippen LogP contribution in [-0.2, 0) is 0 Å². The fourth-order valence-electron chi connectivity index (χ4n) is 7.49.